The quantitative estimate of drug-likeness (QED) is 0.356. The first kappa shape index (κ1) is 24.0. The molecule has 0 heterocycles. The van der Waals surface area contributed by atoms with Crippen molar-refractivity contribution in [3.05, 3.63) is 4.13 Å². The Balaban J connectivity index is 0. The molecular weight excluding hydrogens is 387 g/mol. The second kappa shape index (κ2) is 6.00. The van der Waals surface area contributed by atoms with E-state index >= 15 is 0 Å². The molecule has 0 aromatic heterocycles. The first-order valence-corrected chi connectivity index (χ1v) is 6.62. The summed E-state index contributed by atoms with van der Waals surface area (Å²) in [5.41, 5.74) is 0. The van der Waals surface area contributed by atoms with Crippen LogP contribution in [0.1, 0.15) is 0 Å². The Morgan fingerprint density at radius 2 is 1.00 bits per heavy atom. The number of halogens is 10. The van der Waals surface area contributed by atoms with Gasteiger partial charge in [-0.25, -0.2) is 16.8 Å². The maximum absolute atomic E-state index is 12.7. The molecule has 18 heteroatoms. The molecule has 0 spiro atoms. The van der Waals surface area contributed by atoms with Gasteiger partial charge in [0.05, 0.1) is 0 Å². The van der Waals surface area contributed by atoms with Gasteiger partial charge in [0.2, 0.25) is 10.4 Å². The molecule has 0 aliphatic heterocycles. The summed E-state index contributed by atoms with van der Waals surface area (Å²) in [5, 5.41) is -7.38. The van der Waals surface area contributed by atoms with Crippen LogP contribution in [0.15, 0.2) is 0 Å². The minimum absolute atomic E-state index is 0. The number of sulfonamides is 1. The molecule has 0 fully saturated rings. The van der Waals surface area contributed by atoms with Crippen molar-refractivity contribution >= 4 is 20.4 Å². The minimum atomic E-state index is -7.68. The van der Waals surface area contributed by atoms with Crippen LogP contribution in [0, 0.1) is 0 Å². The molecule has 0 aromatic carbocycles. The second-order valence-corrected chi connectivity index (χ2v) is 6.01. The van der Waals surface area contributed by atoms with Crippen molar-refractivity contribution in [3.8, 4) is 0 Å². The predicted octanol–water partition coefficient (Wildman–Crippen LogP) is -0.666. The molecule has 0 saturated carbocycles. The van der Waals surface area contributed by atoms with E-state index in [0.29, 0.717) is 4.13 Å². The average molecular weight is 387 g/mol. The van der Waals surface area contributed by atoms with Crippen molar-refractivity contribution in [2.24, 2.45) is 0 Å². The van der Waals surface area contributed by atoms with E-state index in [1.807, 2.05) is 0 Å². The van der Waals surface area contributed by atoms with Crippen LogP contribution in [0.4, 0.5) is 43.4 Å². The standard InChI is InChI=1S/C4F10NO4S2.Li/c5-1(6,3(9,10)11)2(7,8)4(12,13)20(16,17)15-21(14,18)19;/q-1;+1. The van der Waals surface area contributed by atoms with E-state index in [1.54, 1.807) is 0 Å². The SMILES string of the molecule is O=S(=O)(F)[N-]S(=O)(=O)C(F)(F)C(F)(F)C(F)(F)C(F)(F)F.[Li+]. The van der Waals surface area contributed by atoms with E-state index < -0.39 is 43.7 Å². The molecule has 0 rings (SSSR count). The van der Waals surface area contributed by atoms with Gasteiger partial charge in [-0.05, 0) is 0 Å². The van der Waals surface area contributed by atoms with Crippen molar-refractivity contribution in [1.29, 1.82) is 0 Å². The van der Waals surface area contributed by atoms with E-state index in [4.69, 9.17) is 0 Å². The molecule has 0 bridgehead atoms. The van der Waals surface area contributed by atoms with Gasteiger partial charge in [0.25, 0.3) is 0 Å². The summed E-state index contributed by atoms with van der Waals surface area (Å²) >= 11 is 0. The third-order valence-corrected chi connectivity index (χ3v) is 4.03. The van der Waals surface area contributed by atoms with Crippen molar-refractivity contribution in [1.82, 2.24) is 0 Å². The first-order chi connectivity index (χ1) is 8.71. The zero-order chi connectivity index (χ0) is 17.7. The van der Waals surface area contributed by atoms with Gasteiger partial charge in [0.15, 0.2) is 10.0 Å². The summed E-state index contributed by atoms with van der Waals surface area (Å²) in [6.45, 7) is 0. The van der Waals surface area contributed by atoms with Crippen LogP contribution < -0.4 is 18.9 Å². The number of nitrogens with zero attached hydrogens (tertiary/aromatic N) is 1. The van der Waals surface area contributed by atoms with Crippen molar-refractivity contribution in [3.63, 3.8) is 0 Å². The fourth-order valence-corrected chi connectivity index (χ4v) is 2.45. The molecule has 5 nitrogen and oxygen atoms in total. The zero-order valence-corrected chi connectivity index (χ0v) is 11.3. The maximum atomic E-state index is 12.7. The molecule has 0 radical (unpaired) electrons. The number of hydrogen-bond donors (Lipinski definition) is 0. The Labute approximate surface area is 127 Å². The van der Waals surface area contributed by atoms with Gasteiger partial charge in [0, 0.05) is 0 Å². The van der Waals surface area contributed by atoms with E-state index in [9.17, 15) is 60.2 Å². The van der Waals surface area contributed by atoms with Gasteiger partial charge in [-0.3, -0.25) is 0 Å². The fraction of sp³-hybridized carbons (Fsp3) is 1.00. The zero-order valence-electron chi connectivity index (χ0n) is 9.68. The Kier molecular flexibility index (Phi) is 6.55. The summed E-state index contributed by atoms with van der Waals surface area (Å²) in [6, 6.07) is 0. The number of rotatable bonds is 5. The van der Waals surface area contributed by atoms with Gasteiger partial charge >= 0.3 is 42.1 Å². The van der Waals surface area contributed by atoms with Gasteiger partial charge in [0.1, 0.15) is 0 Å². The molecule has 128 valence electrons. The average Bonchev–Trinajstić information content (AvgIpc) is 2.10. The third-order valence-electron chi connectivity index (χ3n) is 1.63. The van der Waals surface area contributed by atoms with Crippen LogP contribution in [0.25, 0.3) is 4.13 Å². The topological polar surface area (TPSA) is 82.4 Å². The van der Waals surface area contributed by atoms with Crippen LogP contribution in [0.3, 0.4) is 0 Å². The third kappa shape index (κ3) is 3.99. The Hall–Kier alpha value is -0.243. The molecule has 0 unspecified atom stereocenters. The van der Waals surface area contributed by atoms with Gasteiger partial charge in [-0.15, -0.1) is 3.89 Å². The van der Waals surface area contributed by atoms with Crippen LogP contribution in [0.5, 0.6) is 0 Å². The van der Waals surface area contributed by atoms with E-state index in [1.165, 1.54) is 0 Å². The molecule has 0 N–H and O–H groups in total. The Morgan fingerprint density at radius 1 is 0.682 bits per heavy atom. The van der Waals surface area contributed by atoms with Crippen molar-refractivity contribution in [2.75, 3.05) is 0 Å². The number of hydrogen-bond acceptors (Lipinski definition) is 4. The van der Waals surface area contributed by atoms with Gasteiger partial charge in [-0.2, -0.15) is 39.5 Å². The van der Waals surface area contributed by atoms with E-state index in [2.05, 4.69) is 0 Å². The summed E-state index contributed by atoms with van der Waals surface area (Å²) in [7, 11) is -14.4. The Bertz CT molecular complexity index is 609. The predicted molar refractivity (Wildman–Crippen MR) is 43.2 cm³/mol. The monoisotopic (exact) mass is 387 g/mol. The van der Waals surface area contributed by atoms with Crippen LogP contribution in [-0.2, 0) is 20.4 Å². The minimum Gasteiger partial charge on any atom is -0.402 e. The number of alkyl halides is 9. The molecule has 0 atom stereocenters. The summed E-state index contributed by atoms with van der Waals surface area (Å²) in [5.74, 6) is -15.3. The largest absolute Gasteiger partial charge is 1.00 e. The van der Waals surface area contributed by atoms with Crippen LogP contribution >= 0.6 is 0 Å². The summed E-state index contributed by atoms with van der Waals surface area (Å²) in [6.07, 6.45) is -7.33. The second-order valence-electron chi connectivity index (χ2n) is 3.13. The summed E-state index contributed by atoms with van der Waals surface area (Å²) in [4.78, 5) is 0. The molecule has 0 aliphatic carbocycles. The Morgan fingerprint density at radius 3 is 1.23 bits per heavy atom. The van der Waals surface area contributed by atoms with E-state index in [-0.39, 0.29) is 18.9 Å². The molecule has 0 aromatic rings. The smallest absolute Gasteiger partial charge is 0.402 e. The molecule has 0 aliphatic rings. The fourth-order valence-electron chi connectivity index (χ4n) is 0.687. The van der Waals surface area contributed by atoms with Crippen molar-refractivity contribution < 1.29 is 79.1 Å². The van der Waals surface area contributed by atoms with Crippen LogP contribution in [0.2, 0.25) is 0 Å². The van der Waals surface area contributed by atoms with Crippen LogP contribution in [-0.4, -0.2) is 40.1 Å². The molecule has 0 saturated heterocycles. The van der Waals surface area contributed by atoms with Gasteiger partial charge in [-0.1, -0.05) is 0 Å². The molecule has 0 amide bonds. The maximum Gasteiger partial charge on any atom is 1.00 e. The molecule has 22 heavy (non-hydrogen) atoms. The molecular formula is C4F10LiNO4S2. The first-order valence-electron chi connectivity index (χ1n) is 3.84. The normalized spacial score (nSPS) is 15.4. The summed E-state index contributed by atoms with van der Waals surface area (Å²) < 4.78 is 162. The van der Waals surface area contributed by atoms with Gasteiger partial charge < -0.3 is 4.13 Å². The van der Waals surface area contributed by atoms with Crippen molar-refractivity contribution in [2.45, 2.75) is 23.3 Å². The van der Waals surface area contributed by atoms with E-state index in [0.717, 1.165) is 0 Å².